The molecule has 29 heavy (non-hydrogen) atoms. The Bertz CT molecular complexity index is 925. The number of ether oxygens (including phenoxy) is 3. The Labute approximate surface area is 172 Å². The van der Waals surface area contributed by atoms with Crippen LogP contribution in [0.2, 0.25) is 0 Å². The molecule has 0 N–H and O–H groups in total. The molecule has 152 valence electrons. The number of carbonyl (C=O) groups is 1. The maximum absolute atomic E-state index is 12.6. The van der Waals surface area contributed by atoms with Crippen LogP contribution >= 0.6 is 0 Å². The molecule has 2 heterocycles. The second kappa shape index (κ2) is 6.60. The summed E-state index contributed by atoms with van der Waals surface area (Å²) >= 11 is 0. The van der Waals surface area contributed by atoms with E-state index in [0.29, 0.717) is 30.6 Å². The number of hydrogen-bond acceptors (Lipinski definition) is 4. The fourth-order valence-electron chi connectivity index (χ4n) is 6.11. The van der Waals surface area contributed by atoms with Gasteiger partial charge in [-0.05, 0) is 43.4 Å². The molecule has 5 rings (SSSR count). The Hall–Kier alpha value is -2.33. The molecular formula is C25H28O4. The lowest BCUT2D eigenvalue weighted by atomic mass is 9.50. The molecule has 2 aromatic carbocycles. The molecule has 2 bridgehead atoms. The van der Waals surface area contributed by atoms with Crippen molar-refractivity contribution >= 4 is 5.97 Å². The summed E-state index contributed by atoms with van der Waals surface area (Å²) in [6.07, 6.45) is 0.962. The van der Waals surface area contributed by atoms with Crippen LogP contribution in [0.4, 0.5) is 0 Å². The molecule has 1 saturated carbocycles. The second-order valence-corrected chi connectivity index (χ2v) is 9.28. The van der Waals surface area contributed by atoms with Crippen molar-refractivity contribution in [2.75, 3.05) is 13.2 Å². The highest BCUT2D eigenvalue weighted by Crippen LogP contribution is 2.63. The summed E-state index contributed by atoms with van der Waals surface area (Å²) in [6.45, 7) is 7.75. The van der Waals surface area contributed by atoms with Gasteiger partial charge in [0.15, 0.2) is 0 Å². The number of rotatable bonds is 3. The molecule has 0 spiro atoms. The Morgan fingerprint density at radius 2 is 1.83 bits per heavy atom. The molecule has 0 aromatic heterocycles. The lowest BCUT2D eigenvalue weighted by Crippen LogP contribution is -2.66. The second-order valence-electron chi connectivity index (χ2n) is 9.28. The fraction of sp³-hybridized carbons (Fsp3) is 0.480. The van der Waals surface area contributed by atoms with E-state index in [1.807, 2.05) is 36.4 Å². The smallest absolute Gasteiger partial charge is 0.338 e. The van der Waals surface area contributed by atoms with Crippen LogP contribution in [0.3, 0.4) is 0 Å². The zero-order valence-corrected chi connectivity index (χ0v) is 17.3. The van der Waals surface area contributed by atoms with Crippen molar-refractivity contribution < 1.29 is 19.0 Å². The minimum atomic E-state index is -0.273. The van der Waals surface area contributed by atoms with Crippen LogP contribution in [-0.4, -0.2) is 24.8 Å². The van der Waals surface area contributed by atoms with Crippen molar-refractivity contribution in [3.8, 4) is 5.75 Å². The summed E-state index contributed by atoms with van der Waals surface area (Å²) < 4.78 is 18.9. The van der Waals surface area contributed by atoms with Crippen molar-refractivity contribution in [3.05, 3.63) is 65.7 Å². The van der Waals surface area contributed by atoms with E-state index in [-0.39, 0.29) is 29.0 Å². The van der Waals surface area contributed by atoms with Crippen LogP contribution in [0.5, 0.6) is 5.75 Å². The standard InChI is InChI=1S/C25H28O4/c1-16-13-24(3)21-17(2)25(16,15-28-23(26)18-9-5-4-6-10-18)14-27-22(21)19-11-7-8-12-20(19)29-24/h4-12,16-17,21-22H,13-15H2,1-3H3/t16-,17+,21+,22+,24-,25+/m1/s1. The molecule has 1 aliphatic carbocycles. The number of hydrogen-bond donors (Lipinski definition) is 0. The molecule has 0 radical (unpaired) electrons. The highest BCUT2D eigenvalue weighted by atomic mass is 16.5. The third-order valence-electron chi connectivity index (χ3n) is 7.75. The Balaban J connectivity index is 1.44. The highest BCUT2D eigenvalue weighted by Gasteiger charge is 2.64. The number of carbonyl (C=O) groups excluding carboxylic acids is 1. The molecule has 0 amide bonds. The molecule has 0 unspecified atom stereocenters. The van der Waals surface area contributed by atoms with Gasteiger partial charge in [0.2, 0.25) is 0 Å². The van der Waals surface area contributed by atoms with Crippen LogP contribution in [-0.2, 0) is 9.47 Å². The summed E-state index contributed by atoms with van der Waals surface area (Å²) in [5, 5.41) is 0. The van der Waals surface area contributed by atoms with E-state index in [1.165, 1.54) is 0 Å². The molecule has 2 aromatic rings. The van der Waals surface area contributed by atoms with Gasteiger partial charge in [-0.3, -0.25) is 0 Å². The minimum Gasteiger partial charge on any atom is -0.487 e. The summed E-state index contributed by atoms with van der Waals surface area (Å²) in [6, 6.07) is 17.4. The zero-order chi connectivity index (χ0) is 20.2. The first-order valence-corrected chi connectivity index (χ1v) is 10.6. The lowest BCUT2D eigenvalue weighted by Gasteiger charge is -2.63. The van der Waals surface area contributed by atoms with Crippen LogP contribution in [0.1, 0.15) is 49.2 Å². The van der Waals surface area contributed by atoms with Gasteiger partial charge in [-0.25, -0.2) is 4.79 Å². The van der Waals surface area contributed by atoms with E-state index in [2.05, 4.69) is 26.8 Å². The topological polar surface area (TPSA) is 44.8 Å². The van der Waals surface area contributed by atoms with Crippen molar-refractivity contribution in [3.63, 3.8) is 0 Å². The maximum Gasteiger partial charge on any atom is 0.338 e. The first kappa shape index (κ1) is 18.7. The summed E-state index contributed by atoms with van der Waals surface area (Å²) in [4.78, 5) is 12.6. The minimum absolute atomic E-state index is 0.0328. The van der Waals surface area contributed by atoms with Crippen molar-refractivity contribution in [1.82, 2.24) is 0 Å². The van der Waals surface area contributed by atoms with Gasteiger partial charge in [0.1, 0.15) is 11.4 Å². The average molecular weight is 392 g/mol. The van der Waals surface area contributed by atoms with Gasteiger partial charge in [0, 0.05) is 16.9 Å². The van der Waals surface area contributed by atoms with Crippen molar-refractivity contribution in [1.29, 1.82) is 0 Å². The van der Waals surface area contributed by atoms with E-state index in [9.17, 15) is 4.79 Å². The maximum atomic E-state index is 12.6. The Morgan fingerprint density at radius 1 is 1.10 bits per heavy atom. The van der Waals surface area contributed by atoms with Crippen molar-refractivity contribution in [2.45, 2.75) is 38.9 Å². The normalized spacial score (nSPS) is 37.2. The Kier molecular flexibility index (Phi) is 4.25. The molecular weight excluding hydrogens is 364 g/mol. The third kappa shape index (κ3) is 2.72. The van der Waals surface area contributed by atoms with E-state index >= 15 is 0 Å². The number of para-hydroxylation sites is 1. The van der Waals surface area contributed by atoms with Gasteiger partial charge in [-0.15, -0.1) is 0 Å². The average Bonchev–Trinajstić information content (AvgIpc) is 2.72. The monoisotopic (exact) mass is 392 g/mol. The first-order valence-electron chi connectivity index (χ1n) is 10.6. The predicted molar refractivity (Wildman–Crippen MR) is 110 cm³/mol. The molecule has 2 aliphatic heterocycles. The molecule has 4 heteroatoms. The van der Waals surface area contributed by atoms with Gasteiger partial charge >= 0.3 is 5.97 Å². The summed E-state index contributed by atoms with van der Waals surface area (Å²) in [5.74, 6) is 1.54. The first-order chi connectivity index (χ1) is 13.9. The quantitative estimate of drug-likeness (QED) is 0.686. The highest BCUT2D eigenvalue weighted by molar-refractivity contribution is 5.89. The van der Waals surface area contributed by atoms with Gasteiger partial charge in [0.25, 0.3) is 0 Å². The van der Waals surface area contributed by atoms with E-state index < -0.39 is 0 Å². The molecule has 1 saturated heterocycles. The Morgan fingerprint density at radius 3 is 2.62 bits per heavy atom. The van der Waals surface area contributed by atoms with Gasteiger partial charge in [-0.2, -0.15) is 0 Å². The lowest BCUT2D eigenvalue weighted by molar-refractivity contribution is -0.259. The predicted octanol–water partition coefficient (Wildman–Crippen LogP) is 5.04. The number of esters is 1. The van der Waals surface area contributed by atoms with E-state index in [1.54, 1.807) is 12.1 Å². The molecule has 2 fully saturated rings. The van der Waals surface area contributed by atoms with E-state index in [4.69, 9.17) is 14.2 Å². The third-order valence-corrected chi connectivity index (χ3v) is 7.75. The fourth-order valence-corrected chi connectivity index (χ4v) is 6.11. The SMILES string of the molecule is C[C@@H]1C[C@@]2(C)Oc3ccccc3[C@@H]3OC[C@@]1(COC(=O)c1ccccc1)[C@@H](C)[C@@H]32. The van der Waals surface area contributed by atoms with Gasteiger partial charge in [-0.1, -0.05) is 50.2 Å². The molecule has 4 nitrogen and oxygen atoms in total. The van der Waals surface area contributed by atoms with Crippen LogP contribution in [0.25, 0.3) is 0 Å². The van der Waals surface area contributed by atoms with Crippen molar-refractivity contribution in [2.24, 2.45) is 23.2 Å². The van der Waals surface area contributed by atoms with E-state index in [0.717, 1.165) is 17.7 Å². The zero-order valence-electron chi connectivity index (χ0n) is 17.3. The molecule has 3 aliphatic rings. The molecule has 6 atom stereocenters. The van der Waals surface area contributed by atoms with Crippen LogP contribution < -0.4 is 4.74 Å². The van der Waals surface area contributed by atoms with Gasteiger partial charge in [0.05, 0.1) is 24.9 Å². The van der Waals surface area contributed by atoms with Crippen LogP contribution in [0, 0.1) is 23.2 Å². The van der Waals surface area contributed by atoms with Crippen LogP contribution in [0.15, 0.2) is 54.6 Å². The number of fused-ring (bicyclic) bond motifs is 3. The summed E-state index contributed by atoms with van der Waals surface area (Å²) in [5.41, 5.74) is 1.27. The summed E-state index contributed by atoms with van der Waals surface area (Å²) in [7, 11) is 0. The van der Waals surface area contributed by atoms with Gasteiger partial charge < -0.3 is 14.2 Å². The largest absolute Gasteiger partial charge is 0.487 e. The number of benzene rings is 2.